The first-order chi connectivity index (χ1) is 6.68. The normalized spacial score (nSPS) is 14.5. The molecule has 14 heavy (non-hydrogen) atoms. The lowest BCUT2D eigenvalue weighted by atomic mass is 9.91. The van der Waals surface area contributed by atoms with Crippen molar-refractivity contribution in [2.24, 2.45) is 0 Å². The standard InChI is InChI=1S/C13H17N/c1-9(2)12-7-10-5-3-4-6-11(10)8-13(12)14/h3,5,7-9H,4,6,14H2,1-2H3. The zero-order chi connectivity index (χ0) is 10.1. The minimum Gasteiger partial charge on any atom is -0.398 e. The van der Waals surface area contributed by atoms with Gasteiger partial charge in [-0.05, 0) is 47.6 Å². The molecule has 0 unspecified atom stereocenters. The lowest BCUT2D eigenvalue weighted by molar-refractivity contribution is 0.865. The van der Waals surface area contributed by atoms with Crippen LogP contribution in [-0.2, 0) is 6.42 Å². The summed E-state index contributed by atoms with van der Waals surface area (Å²) in [6.07, 6.45) is 6.73. The average molecular weight is 187 g/mol. The first kappa shape index (κ1) is 9.32. The van der Waals surface area contributed by atoms with Gasteiger partial charge < -0.3 is 5.73 Å². The minimum absolute atomic E-state index is 0.510. The Balaban J connectivity index is 2.52. The van der Waals surface area contributed by atoms with Crippen molar-refractivity contribution in [1.29, 1.82) is 0 Å². The molecule has 0 amide bonds. The van der Waals surface area contributed by atoms with Crippen LogP contribution in [0.15, 0.2) is 18.2 Å². The first-order valence-electron chi connectivity index (χ1n) is 5.27. The maximum Gasteiger partial charge on any atom is 0.0352 e. The highest BCUT2D eigenvalue weighted by atomic mass is 14.6. The van der Waals surface area contributed by atoms with Crippen molar-refractivity contribution in [3.05, 3.63) is 34.9 Å². The molecule has 0 atom stereocenters. The highest BCUT2D eigenvalue weighted by Crippen LogP contribution is 2.29. The summed E-state index contributed by atoms with van der Waals surface area (Å²) in [4.78, 5) is 0. The molecule has 1 heteroatoms. The van der Waals surface area contributed by atoms with E-state index < -0.39 is 0 Å². The van der Waals surface area contributed by atoms with Crippen molar-refractivity contribution >= 4 is 11.8 Å². The number of anilines is 1. The van der Waals surface area contributed by atoms with Gasteiger partial charge in [0.2, 0.25) is 0 Å². The van der Waals surface area contributed by atoms with E-state index in [1.807, 2.05) is 0 Å². The molecule has 0 heterocycles. The highest BCUT2D eigenvalue weighted by molar-refractivity contribution is 5.64. The van der Waals surface area contributed by atoms with Gasteiger partial charge in [-0.1, -0.05) is 26.0 Å². The molecule has 1 aromatic carbocycles. The Hall–Kier alpha value is -1.24. The van der Waals surface area contributed by atoms with E-state index in [0.29, 0.717) is 5.92 Å². The van der Waals surface area contributed by atoms with Crippen LogP contribution >= 0.6 is 0 Å². The molecule has 1 aromatic rings. The Kier molecular flexibility index (Phi) is 2.32. The number of rotatable bonds is 1. The van der Waals surface area contributed by atoms with Gasteiger partial charge in [0.05, 0.1) is 0 Å². The fraction of sp³-hybridized carbons (Fsp3) is 0.385. The lowest BCUT2D eigenvalue weighted by Gasteiger charge is -2.16. The SMILES string of the molecule is CC(C)c1cc2c(cc1N)CCC=C2. The van der Waals surface area contributed by atoms with Crippen molar-refractivity contribution in [3.8, 4) is 0 Å². The maximum absolute atomic E-state index is 6.02. The summed E-state index contributed by atoms with van der Waals surface area (Å²) < 4.78 is 0. The van der Waals surface area contributed by atoms with Crippen molar-refractivity contribution in [3.63, 3.8) is 0 Å². The number of nitrogen functional groups attached to an aromatic ring is 1. The van der Waals surface area contributed by atoms with Crippen molar-refractivity contribution in [2.45, 2.75) is 32.6 Å². The zero-order valence-electron chi connectivity index (χ0n) is 8.88. The van der Waals surface area contributed by atoms with Gasteiger partial charge >= 0.3 is 0 Å². The molecule has 1 nitrogen and oxygen atoms in total. The van der Waals surface area contributed by atoms with Crippen LogP contribution in [0.1, 0.15) is 42.9 Å². The first-order valence-corrected chi connectivity index (χ1v) is 5.27. The van der Waals surface area contributed by atoms with Gasteiger partial charge in [0.15, 0.2) is 0 Å². The largest absolute Gasteiger partial charge is 0.398 e. The summed E-state index contributed by atoms with van der Waals surface area (Å²) in [5, 5.41) is 0. The van der Waals surface area contributed by atoms with E-state index in [2.05, 4.69) is 38.1 Å². The van der Waals surface area contributed by atoms with Crippen LogP contribution in [-0.4, -0.2) is 0 Å². The summed E-state index contributed by atoms with van der Waals surface area (Å²) >= 11 is 0. The van der Waals surface area contributed by atoms with E-state index >= 15 is 0 Å². The Labute approximate surface area is 85.6 Å². The summed E-state index contributed by atoms with van der Waals surface area (Å²) in [5.74, 6) is 0.510. The lowest BCUT2D eigenvalue weighted by Crippen LogP contribution is -2.02. The molecule has 1 aliphatic rings. The van der Waals surface area contributed by atoms with Gasteiger partial charge in [-0.25, -0.2) is 0 Å². The number of allylic oxidation sites excluding steroid dienone is 1. The van der Waals surface area contributed by atoms with Gasteiger partial charge in [-0.15, -0.1) is 0 Å². The molecular formula is C13H17N. The Morgan fingerprint density at radius 1 is 1.29 bits per heavy atom. The van der Waals surface area contributed by atoms with Gasteiger partial charge in [0, 0.05) is 5.69 Å². The van der Waals surface area contributed by atoms with E-state index in [1.165, 1.54) is 16.7 Å². The molecular weight excluding hydrogens is 170 g/mol. The maximum atomic E-state index is 6.02. The van der Waals surface area contributed by atoms with Crippen LogP contribution < -0.4 is 5.73 Å². The molecule has 2 rings (SSSR count). The molecule has 0 radical (unpaired) electrons. The molecule has 0 saturated heterocycles. The molecule has 0 aliphatic heterocycles. The van der Waals surface area contributed by atoms with E-state index in [1.54, 1.807) is 0 Å². The fourth-order valence-corrected chi connectivity index (χ4v) is 2.02. The summed E-state index contributed by atoms with van der Waals surface area (Å²) in [7, 11) is 0. The summed E-state index contributed by atoms with van der Waals surface area (Å²) in [6.45, 7) is 4.37. The van der Waals surface area contributed by atoms with Crippen LogP contribution in [0.5, 0.6) is 0 Å². The zero-order valence-corrected chi connectivity index (χ0v) is 8.88. The molecule has 0 aromatic heterocycles. The Morgan fingerprint density at radius 3 is 2.79 bits per heavy atom. The number of nitrogens with two attached hydrogens (primary N) is 1. The van der Waals surface area contributed by atoms with Crippen LogP contribution in [0.4, 0.5) is 5.69 Å². The molecule has 74 valence electrons. The van der Waals surface area contributed by atoms with Crippen molar-refractivity contribution < 1.29 is 0 Å². The van der Waals surface area contributed by atoms with Gasteiger partial charge in [-0.2, -0.15) is 0 Å². The second-order valence-electron chi connectivity index (χ2n) is 4.28. The third-order valence-electron chi connectivity index (χ3n) is 2.84. The monoisotopic (exact) mass is 187 g/mol. The number of benzene rings is 1. The Bertz CT molecular complexity index is 375. The van der Waals surface area contributed by atoms with Crippen LogP contribution in [0.2, 0.25) is 0 Å². The second kappa shape index (κ2) is 3.49. The predicted molar refractivity (Wildman–Crippen MR) is 62.3 cm³/mol. The number of aryl methyl sites for hydroxylation is 1. The van der Waals surface area contributed by atoms with Crippen LogP contribution in [0.25, 0.3) is 6.08 Å². The second-order valence-corrected chi connectivity index (χ2v) is 4.28. The quantitative estimate of drug-likeness (QED) is 0.670. The van der Waals surface area contributed by atoms with Crippen LogP contribution in [0.3, 0.4) is 0 Å². The smallest absolute Gasteiger partial charge is 0.0352 e. The van der Waals surface area contributed by atoms with Gasteiger partial charge in [-0.3, -0.25) is 0 Å². The summed E-state index contributed by atoms with van der Waals surface area (Å²) in [6, 6.07) is 4.39. The van der Waals surface area contributed by atoms with Crippen molar-refractivity contribution in [1.82, 2.24) is 0 Å². The van der Waals surface area contributed by atoms with Gasteiger partial charge in [0.25, 0.3) is 0 Å². The Morgan fingerprint density at radius 2 is 2.07 bits per heavy atom. The van der Waals surface area contributed by atoms with E-state index in [4.69, 9.17) is 5.73 Å². The van der Waals surface area contributed by atoms with Gasteiger partial charge in [0.1, 0.15) is 0 Å². The molecule has 0 fully saturated rings. The highest BCUT2D eigenvalue weighted by Gasteiger charge is 2.10. The predicted octanol–water partition coefficient (Wildman–Crippen LogP) is 3.35. The fourth-order valence-electron chi connectivity index (χ4n) is 2.02. The topological polar surface area (TPSA) is 26.0 Å². The van der Waals surface area contributed by atoms with E-state index in [9.17, 15) is 0 Å². The molecule has 1 aliphatic carbocycles. The molecule has 0 bridgehead atoms. The third-order valence-corrected chi connectivity index (χ3v) is 2.84. The average Bonchev–Trinajstić information content (AvgIpc) is 2.16. The number of hydrogen-bond acceptors (Lipinski definition) is 1. The minimum atomic E-state index is 0.510. The number of fused-ring (bicyclic) bond motifs is 1. The number of hydrogen-bond donors (Lipinski definition) is 1. The third kappa shape index (κ3) is 1.54. The van der Waals surface area contributed by atoms with Crippen LogP contribution in [0, 0.1) is 0 Å². The molecule has 0 spiro atoms. The van der Waals surface area contributed by atoms with Crippen molar-refractivity contribution in [2.75, 3.05) is 5.73 Å². The van der Waals surface area contributed by atoms with E-state index in [-0.39, 0.29) is 0 Å². The summed E-state index contributed by atoms with van der Waals surface area (Å²) in [5.41, 5.74) is 11.0. The molecule has 0 saturated carbocycles. The molecule has 2 N–H and O–H groups in total. The van der Waals surface area contributed by atoms with E-state index in [0.717, 1.165) is 18.5 Å².